The Hall–Kier alpha value is -2.43. The molecule has 0 atom stereocenters. The molecule has 5 heteroatoms. The number of benzene rings is 1. The van der Waals surface area contributed by atoms with Gasteiger partial charge in [0, 0.05) is 16.8 Å². The molecule has 1 aromatic heterocycles. The van der Waals surface area contributed by atoms with Crippen LogP contribution in [0, 0.1) is 6.92 Å². The van der Waals surface area contributed by atoms with Gasteiger partial charge < -0.3 is 0 Å². The predicted octanol–water partition coefficient (Wildman–Crippen LogP) is 1.44. The first-order valence-electron chi connectivity index (χ1n) is 6.08. The number of carbonyl (C=O) groups is 2. The van der Waals surface area contributed by atoms with Crippen LogP contribution in [0.4, 0.5) is 0 Å². The summed E-state index contributed by atoms with van der Waals surface area (Å²) in [6, 6.07) is 7.24. The lowest BCUT2D eigenvalue weighted by molar-refractivity contribution is -0.128. The molecule has 0 saturated heterocycles. The number of nitrogens with one attached hydrogen (secondary N) is 1. The fourth-order valence-corrected chi connectivity index (χ4v) is 2.27. The minimum Gasteiger partial charge on any atom is -0.283 e. The third-order valence-corrected chi connectivity index (χ3v) is 3.40. The molecule has 0 aliphatic carbocycles. The fraction of sp³-hybridized carbons (Fsp3) is 0.214. The molecule has 1 aliphatic heterocycles. The van der Waals surface area contributed by atoms with Crippen molar-refractivity contribution in [1.82, 2.24) is 15.1 Å². The summed E-state index contributed by atoms with van der Waals surface area (Å²) in [4.78, 5) is 25.7. The van der Waals surface area contributed by atoms with E-state index >= 15 is 0 Å². The van der Waals surface area contributed by atoms with Crippen LogP contribution in [0.25, 0.3) is 0 Å². The van der Waals surface area contributed by atoms with Gasteiger partial charge in [0.2, 0.25) is 5.91 Å². The first-order chi connectivity index (χ1) is 9.16. The first kappa shape index (κ1) is 11.6. The van der Waals surface area contributed by atoms with Gasteiger partial charge in [-0.3, -0.25) is 19.6 Å². The standard InChI is InChI=1S/C14H13N3O2/c1-9-11(7-15-16-9)8-17-13(18)6-10-4-2-3-5-12(10)14(17)19/h2-5,7H,6,8H2,1H3,(H,15,16). The molecule has 2 aromatic rings. The van der Waals surface area contributed by atoms with Crippen molar-refractivity contribution in [1.29, 1.82) is 0 Å². The lowest BCUT2D eigenvalue weighted by Gasteiger charge is -2.26. The highest BCUT2D eigenvalue weighted by Crippen LogP contribution is 2.21. The van der Waals surface area contributed by atoms with E-state index in [1.807, 2.05) is 25.1 Å². The van der Waals surface area contributed by atoms with Gasteiger partial charge in [-0.25, -0.2) is 0 Å². The number of amides is 2. The van der Waals surface area contributed by atoms with Crippen LogP contribution in [0.3, 0.4) is 0 Å². The summed E-state index contributed by atoms with van der Waals surface area (Å²) >= 11 is 0. The van der Waals surface area contributed by atoms with E-state index in [9.17, 15) is 9.59 Å². The Labute approximate surface area is 110 Å². The minimum absolute atomic E-state index is 0.163. The Kier molecular flexibility index (Phi) is 2.67. The maximum atomic E-state index is 12.3. The molecule has 1 N–H and O–H groups in total. The van der Waals surface area contributed by atoms with E-state index in [4.69, 9.17) is 0 Å². The van der Waals surface area contributed by atoms with Crippen molar-refractivity contribution >= 4 is 11.8 Å². The molecule has 0 radical (unpaired) electrons. The number of H-pyrrole nitrogens is 1. The van der Waals surface area contributed by atoms with E-state index < -0.39 is 0 Å². The maximum Gasteiger partial charge on any atom is 0.261 e. The van der Waals surface area contributed by atoms with Crippen LogP contribution < -0.4 is 0 Å². The zero-order valence-electron chi connectivity index (χ0n) is 10.5. The number of nitrogens with zero attached hydrogens (tertiary/aromatic N) is 2. The molecule has 2 heterocycles. The van der Waals surface area contributed by atoms with Gasteiger partial charge in [-0.1, -0.05) is 18.2 Å². The van der Waals surface area contributed by atoms with E-state index in [1.165, 1.54) is 4.90 Å². The van der Waals surface area contributed by atoms with Crippen molar-refractivity contribution in [2.75, 3.05) is 0 Å². The third-order valence-electron chi connectivity index (χ3n) is 3.40. The van der Waals surface area contributed by atoms with Gasteiger partial charge in [0.25, 0.3) is 5.91 Å². The second-order valence-corrected chi connectivity index (χ2v) is 4.64. The topological polar surface area (TPSA) is 66.1 Å². The van der Waals surface area contributed by atoms with Crippen LogP contribution in [-0.2, 0) is 17.8 Å². The Balaban J connectivity index is 1.94. The molecule has 3 rings (SSSR count). The summed E-state index contributed by atoms with van der Waals surface area (Å²) in [5.41, 5.74) is 3.15. The summed E-state index contributed by atoms with van der Waals surface area (Å²) < 4.78 is 0. The Morgan fingerprint density at radius 1 is 1.32 bits per heavy atom. The lowest BCUT2D eigenvalue weighted by atomic mass is 9.98. The summed E-state index contributed by atoms with van der Waals surface area (Å²) in [5, 5.41) is 6.72. The minimum atomic E-state index is -0.229. The maximum absolute atomic E-state index is 12.3. The largest absolute Gasteiger partial charge is 0.283 e. The highest BCUT2D eigenvalue weighted by molar-refractivity contribution is 6.09. The number of carbonyl (C=O) groups excluding carboxylic acids is 2. The number of fused-ring (bicyclic) bond motifs is 1. The van der Waals surface area contributed by atoms with Crippen LogP contribution in [0.2, 0.25) is 0 Å². The van der Waals surface area contributed by atoms with E-state index in [0.29, 0.717) is 5.56 Å². The van der Waals surface area contributed by atoms with Crippen molar-refractivity contribution in [3.8, 4) is 0 Å². The zero-order valence-corrected chi connectivity index (χ0v) is 10.5. The van der Waals surface area contributed by atoms with Gasteiger partial charge in [0.1, 0.15) is 0 Å². The smallest absolute Gasteiger partial charge is 0.261 e. The second-order valence-electron chi connectivity index (χ2n) is 4.64. The Bertz CT molecular complexity index is 660. The summed E-state index contributed by atoms with van der Waals surface area (Å²) in [6.07, 6.45) is 1.93. The van der Waals surface area contributed by atoms with Crippen LogP contribution in [0.5, 0.6) is 0 Å². The van der Waals surface area contributed by atoms with Crippen LogP contribution in [0.1, 0.15) is 27.2 Å². The number of aromatic nitrogens is 2. The van der Waals surface area contributed by atoms with E-state index in [-0.39, 0.29) is 24.8 Å². The Morgan fingerprint density at radius 2 is 2.11 bits per heavy atom. The molecule has 96 valence electrons. The van der Waals surface area contributed by atoms with Crippen molar-refractivity contribution < 1.29 is 9.59 Å². The first-order valence-corrected chi connectivity index (χ1v) is 6.08. The summed E-state index contributed by atoms with van der Waals surface area (Å²) in [6.45, 7) is 2.14. The van der Waals surface area contributed by atoms with E-state index in [0.717, 1.165) is 16.8 Å². The molecular formula is C14H13N3O2. The summed E-state index contributed by atoms with van der Waals surface area (Å²) in [5.74, 6) is -0.392. The predicted molar refractivity (Wildman–Crippen MR) is 68.4 cm³/mol. The lowest BCUT2D eigenvalue weighted by Crippen LogP contribution is -2.41. The normalized spacial score (nSPS) is 14.7. The van der Waals surface area contributed by atoms with Crippen molar-refractivity contribution in [3.63, 3.8) is 0 Å². The number of imide groups is 1. The monoisotopic (exact) mass is 255 g/mol. The van der Waals surface area contributed by atoms with Gasteiger partial charge in [-0.05, 0) is 18.6 Å². The molecule has 0 unspecified atom stereocenters. The van der Waals surface area contributed by atoms with Crippen molar-refractivity contribution in [2.45, 2.75) is 19.9 Å². The molecule has 5 nitrogen and oxygen atoms in total. The van der Waals surface area contributed by atoms with Gasteiger partial charge in [0.05, 0.1) is 19.2 Å². The molecule has 2 amide bonds. The van der Waals surface area contributed by atoms with Gasteiger partial charge in [-0.15, -0.1) is 0 Å². The van der Waals surface area contributed by atoms with Crippen molar-refractivity contribution in [3.05, 3.63) is 52.8 Å². The number of hydrogen-bond donors (Lipinski definition) is 1. The molecular weight excluding hydrogens is 242 g/mol. The molecule has 1 aliphatic rings. The highest BCUT2D eigenvalue weighted by atomic mass is 16.2. The van der Waals surface area contributed by atoms with Gasteiger partial charge >= 0.3 is 0 Å². The molecule has 19 heavy (non-hydrogen) atoms. The van der Waals surface area contributed by atoms with Crippen LogP contribution >= 0.6 is 0 Å². The number of aryl methyl sites for hydroxylation is 1. The zero-order chi connectivity index (χ0) is 13.4. The fourth-order valence-electron chi connectivity index (χ4n) is 2.27. The third kappa shape index (κ3) is 1.93. The average molecular weight is 255 g/mol. The number of rotatable bonds is 2. The quantitative estimate of drug-likeness (QED) is 0.826. The van der Waals surface area contributed by atoms with Gasteiger partial charge in [0.15, 0.2) is 0 Å². The average Bonchev–Trinajstić information content (AvgIpc) is 2.80. The molecule has 0 bridgehead atoms. The Morgan fingerprint density at radius 3 is 2.84 bits per heavy atom. The molecule has 0 spiro atoms. The SMILES string of the molecule is Cc1[nH]ncc1CN1C(=O)Cc2ccccc2C1=O. The number of aromatic amines is 1. The summed E-state index contributed by atoms with van der Waals surface area (Å²) in [7, 11) is 0. The van der Waals surface area contributed by atoms with Gasteiger partial charge in [-0.2, -0.15) is 5.10 Å². The van der Waals surface area contributed by atoms with Crippen LogP contribution in [0.15, 0.2) is 30.5 Å². The van der Waals surface area contributed by atoms with E-state index in [2.05, 4.69) is 10.2 Å². The molecule has 0 fully saturated rings. The van der Waals surface area contributed by atoms with Crippen molar-refractivity contribution in [2.24, 2.45) is 0 Å². The molecule has 0 saturated carbocycles. The van der Waals surface area contributed by atoms with Crippen LogP contribution in [-0.4, -0.2) is 26.9 Å². The highest BCUT2D eigenvalue weighted by Gasteiger charge is 2.30. The number of hydrogen-bond acceptors (Lipinski definition) is 3. The molecule has 1 aromatic carbocycles. The van der Waals surface area contributed by atoms with E-state index in [1.54, 1.807) is 12.3 Å². The second kappa shape index (κ2) is 4.35.